The number of carbonyl (C=O) groups excluding carboxylic acids is 1. The highest BCUT2D eigenvalue weighted by atomic mass is 32.1. The minimum absolute atomic E-state index is 0.277. The molecule has 1 aliphatic heterocycles. The van der Waals surface area contributed by atoms with Gasteiger partial charge >= 0.3 is 0 Å². The topological polar surface area (TPSA) is 96.8 Å². The summed E-state index contributed by atoms with van der Waals surface area (Å²) in [4.78, 5) is 28.5. The van der Waals surface area contributed by atoms with E-state index in [2.05, 4.69) is 30.4 Å². The number of anilines is 2. The fraction of sp³-hybridized carbons (Fsp3) is 0.400. The first kappa shape index (κ1) is 18.1. The van der Waals surface area contributed by atoms with Crippen molar-refractivity contribution in [1.29, 1.82) is 0 Å². The Morgan fingerprint density at radius 3 is 2.66 bits per heavy atom. The van der Waals surface area contributed by atoms with Gasteiger partial charge in [0.25, 0.3) is 5.91 Å². The molecule has 2 fully saturated rings. The van der Waals surface area contributed by atoms with Crippen LogP contribution < -0.4 is 10.2 Å². The van der Waals surface area contributed by atoms with Crippen LogP contribution in [0.15, 0.2) is 30.7 Å². The molecule has 3 aromatic rings. The third-order valence-electron chi connectivity index (χ3n) is 5.20. The Bertz CT molecular complexity index is 1010. The monoisotopic (exact) mass is 407 g/mol. The van der Waals surface area contributed by atoms with E-state index < -0.39 is 0 Å². The predicted molar refractivity (Wildman–Crippen MR) is 111 cm³/mol. The molecular formula is C20H21N7OS. The van der Waals surface area contributed by atoms with Crippen molar-refractivity contribution in [2.75, 3.05) is 23.3 Å². The second kappa shape index (κ2) is 7.82. The fourth-order valence-electron chi connectivity index (χ4n) is 3.46. The Morgan fingerprint density at radius 2 is 1.90 bits per heavy atom. The highest BCUT2D eigenvalue weighted by Gasteiger charge is 2.28. The summed E-state index contributed by atoms with van der Waals surface area (Å²) in [5.41, 5.74) is 1.86. The number of rotatable bonds is 5. The van der Waals surface area contributed by atoms with Crippen LogP contribution >= 0.6 is 11.3 Å². The van der Waals surface area contributed by atoms with Crippen molar-refractivity contribution in [1.82, 2.24) is 25.1 Å². The van der Waals surface area contributed by atoms with Crippen LogP contribution in [0.25, 0.3) is 11.3 Å². The maximum Gasteiger partial charge on any atom is 0.261 e. The zero-order valence-corrected chi connectivity index (χ0v) is 16.7. The molecule has 1 aliphatic carbocycles. The van der Waals surface area contributed by atoms with E-state index in [9.17, 15) is 4.79 Å². The molecule has 0 aromatic carbocycles. The second-order valence-corrected chi connectivity index (χ2v) is 8.40. The van der Waals surface area contributed by atoms with Gasteiger partial charge < -0.3 is 4.90 Å². The third kappa shape index (κ3) is 3.95. The summed E-state index contributed by atoms with van der Waals surface area (Å²) in [6.07, 6.45) is 10.8. The van der Waals surface area contributed by atoms with Gasteiger partial charge in [-0.25, -0.2) is 9.97 Å². The molecule has 1 saturated carbocycles. The van der Waals surface area contributed by atoms with Gasteiger partial charge in [0.05, 0.1) is 11.3 Å². The number of nitrogens with one attached hydrogen (secondary N) is 1. The van der Waals surface area contributed by atoms with Crippen LogP contribution in [0.5, 0.6) is 0 Å². The maximum atomic E-state index is 13.0. The summed E-state index contributed by atoms with van der Waals surface area (Å²) in [6, 6.07) is 3.71. The van der Waals surface area contributed by atoms with Crippen LogP contribution in [0.3, 0.4) is 0 Å². The zero-order valence-electron chi connectivity index (χ0n) is 15.9. The van der Waals surface area contributed by atoms with Gasteiger partial charge in [0.15, 0.2) is 0 Å². The van der Waals surface area contributed by atoms with Crippen LogP contribution in [0.1, 0.15) is 53.4 Å². The lowest BCUT2D eigenvalue weighted by atomic mass is 10.1. The minimum atomic E-state index is -0.277. The van der Waals surface area contributed by atoms with E-state index in [4.69, 9.17) is 4.98 Å². The van der Waals surface area contributed by atoms with Crippen LogP contribution in [0.4, 0.5) is 11.1 Å². The number of nitrogens with zero attached hydrogens (tertiary/aromatic N) is 6. The van der Waals surface area contributed by atoms with E-state index >= 15 is 0 Å². The van der Waals surface area contributed by atoms with Gasteiger partial charge in [0.1, 0.15) is 5.01 Å². The molecule has 0 radical (unpaired) electrons. The van der Waals surface area contributed by atoms with E-state index in [1.54, 1.807) is 18.6 Å². The van der Waals surface area contributed by atoms with Crippen molar-refractivity contribution in [3.05, 3.63) is 41.3 Å². The molecule has 0 bridgehead atoms. The average Bonchev–Trinajstić information content (AvgIpc) is 3.53. The number of hydrogen-bond donors (Lipinski definition) is 1. The van der Waals surface area contributed by atoms with Crippen molar-refractivity contribution >= 4 is 28.3 Å². The summed E-state index contributed by atoms with van der Waals surface area (Å²) in [5.74, 6) is 0.901. The normalized spacial score (nSPS) is 16.6. The van der Waals surface area contributed by atoms with Gasteiger partial charge in [-0.2, -0.15) is 0 Å². The molecule has 3 aromatic heterocycles. The predicted octanol–water partition coefficient (Wildman–Crippen LogP) is 3.51. The SMILES string of the molecule is O=C(Nc1nnc(C2CC2)s1)c1cnc(N2CCCCC2)nc1-c1ccncc1. The molecule has 4 heterocycles. The van der Waals surface area contributed by atoms with Crippen molar-refractivity contribution in [3.63, 3.8) is 0 Å². The molecule has 0 unspecified atom stereocenters. The van der Waals surface area contributed by atoms with Crippen LogP contribution in [0, 0.1) is 0 Å². The van der Waals surface area contributed by atoms with Gasteiger partial charge in [-0.05, 0) is 44.2 Å². The Kier molecular flexibility index (Phi) is 4.89. The maximum absolute atomic E-state index is 13.0. The Balaban J connectivity index is 1.46. The first-order valence-corrected chi connectivity index (χ1v) is 10.8. The van der Waals surface area contributed by atoms with E-state index in [0.29, 0.717) is 28.3 Å². The van der Waals surface area contributed by atoms with E-state index in [1.807, 2.05) is 12.1 Å². The molecule has 9 heteroatoms. The van der Waals surface area contributed by atoms with Crippen molar-refractivity contribution in [3.8, 4) is 11.3 Å². The number of hydrogen-bond acceptors (Lipinski definition) is 8. The van der Waals surface area contributed by atoms with Crippen LogP contribution in [-0.4, -0.2) is 44.1 Å². The zero-order chi connectivity index (χ0) is 19.6. The van der Waals surface area contributed by atoms with Gasteiger partial charge in [-0.15, -0.1) is 10.2 Å². The summed E-state index contributed by atoms with van der Waals surface area (Å²) >= 11 is 1.44. The number of piperidine rings is 1. The van der Waals surface area contributed by atoms with Crippen molar-refractivity contribution in [2.45, 2.75) is 38.0 Å². The van der Waals surface area contributed by atoms with E-state index in [1.165, 1.54) is 17.8 Å². The highest BCUT2D eigenvalue weighted by molar-refractivity contribution is 7.15. The molecular weight excluding hydrogens is 386 g/mol. The quantitative estimate of drug-likeness (QED) is 0.691. The summed E-state index contributed by atoms with van der Waals surface area (Å²) in [5, 5.41) is 12.7. The molecule has 0 atom stereocenters. The van der Waals surface area contributed by atoms with Crippen LogP contribution in [-0.2, 0) is 0 Å². The Hall–Kier alpha value is -2.94. The number of amides is 1. The van der Waals surface area contributed by atoms with Crippen LogP contribution in [0.2, 0.25) is 0 Å². The van der Waals surface area contributed by atoms with Crippen molar-refractivity contribution < 1.29 is 4.79 Å². The first-order chi connectivity index (χ1) is 14.3. The van der Waals surface area contributed by atoms with E-state index in [-0.39, 0.29) is 5.91 Å². The first-order valence-electron chi connectivity index (χ1n) is 9.95. The number of pyridine rings is 1. The summed E-state index contributed by atoms with van der Waals surface area (Å²) in [7, 11) is 0. The standard InChI is InChI=1S/C20H21N7OS/c28-17(24-20-26-25-18(29-20)14-4-5-14)15-12-22-19(27-10-2-1-3-11-27)23-16(15)13-6-8-21-9-7-13/h6-9,12,14H,1-5,10-11H2,(H,24,26,28). The molecule has 29 heavy (non-hydrogen) atoms. The lowest BCUT2D eigenvalue weighted by Crippen LogP contribution is -2.31. The molecule has 1 amide bonds. The smallest absolute Gasteiger partial charge is 0.261 e. The largest absolute Gasteiger partial charge is 0.341 e. The lowest BCUT2D eigenvalue weighted by molar-refractivity contribution is 0.102. The lowest BCUT2D eigenvalue weighted by Gasteiger charge is -2.27. The van der Waals surface area contributed by atoms with Gasteiger partial charge in [0.2, 0.25) is 11.1 Å². The molecule has 148 valence electrons. The van der Waals surface area contributed by atoms with Gasteiger partial charge in [-0.3, -0.25) is 15.1 Å². The fourth-order valence-corrected chi connectivity index (χ4v) is 4.37. The third-order valence-corrected chi connectivity index (χ3v) is 6.20. The molecule has 8 nitrogen and oxygen atoms in total. The van der Waals surface area contributed by atoms with Gasteiger partial charge in [-0.1, -0.05) is 11.3 Å². The van der Waals surface area contributed by atoms with Crippen molar-refractivity contribution in [2.24, 2.45) is 0 Å². The molecule has 1 N–H and O–H groups in total. The molecule has 5 rings (SSSR count). The average molecular weight is 408 g/mol. The highest BCUT2D eigenvalue weighted by Crippen LogP contribution is 2.42. The number of carbonyl (C=O) groups is 1. The summed E-state index contributed by atoms with van der Waals surface area (Å²) < 4.78 is 0. The second-order valence-electron chi connectivity index (χ2n) is 7.39. The van der Waals surface area contributed by atoms with E-state index in [0.717, 1.165) is 49.3 Å². The summed E-state index contributed by atoms with van der Waals surface area (Å²) in [6.45, 7) is 1.88. The minimum Gasteiger partial charge on any atom is -0.341 e. The Morgan fingerprint density at radius 1 is 1.10 bits per heavy atom. The molecule has 2 aliphatic rings. The number of aromatic nitrogens is 5. The molecule has 0 spiro atoms. The molecule has 1 saturated heterocycles. The van der Waals surface area contributed by atoms with Gasteiger partial charge in [0, 0.05) is 43.2 Å². The Labute approximate surface area is 172 Å².